The van der Waals surface area contributed by atoms with Gasteiger partial charge >= 0.3 is 5.97 Å². The van der Waals surface area contributed by atoms with Gasteiger partial charge in [0.2, 0.25) is 0 Å². The van der Waals surface area contributed by atoms with E-state index in [1.165, 1.54) is 0 Å². The van der Waals surface area contributed by atoms with Crippen LogP contribution in [0.1, 0.15) is 40.5 Å². The molecule has 0 amide bonds. The number of aromatic nitrogens is 1. The number of rotatable bonds is 7. The molecule has 1 heterocycles. The second-order valence-electron chi connectivity index (χ2n) is 5.44. The number of nitrogens with one attached hydrogen (secondary N) is 1. The number of hydrogen-bond acceptors (Lipinski definition) is 6. The number of hydrogen-bond donors (Lipinski definition) is 5. The second kappa shape index (κ2) is 10.7. The van der Waals surface area contributed by atoms with Gasteiger partial charge in [0.15, 0.2) is 0 Å². The molecule has 0 spiro atoms. The topological polar surface area (TPSA) is 129 Å². The Bertz CT molecular complexity index is 789. The van der Waals surface area contributed by atoms with Gasteiger partial charge in [-0.05, 0) is 28.7 Å². The number of H-pyrrole nitrogens is 1. The number of ether oxygens (including phenoxy) is 1. The molecule has 0 saturated heterocycles. The molecule has 0 radical (unpaired) electrons. The van der Waals surface area contributed by atoms with Gasteiger partial charge in [0.1, 0.15) is 11.5 Å². The lowest BCUT2D eigenvalue weighted by Crippen LogP contribution is -2.07. The minimum atomic E-state index is -0.621. The molecule has 27 heavy (non-hydrogen) atoms. The fourth-order valence-corrected chi connectivity index (χ4v) is 3.00. The molecule has 0 unspecified atom stereocenters. The summed E-state index contributed by atoms with van der Waals surface area (Å²) in [4.78, 5) is 14.8. The molecule has 148 valence electrons. The first-order chi connectivity index (χ1) is 13.0. The number of aromatic amines is 1. The zero-order chi connectivity index (χ0) is 20.6. The van der Waals surface area contributed by atoms with Crippen molar-refractivity contribution in [3.05, 3.63) is 52.7 Å². The predicted molar refractivity (Wildman–Crippen MR) is 105 cm³/mol. The normalized spacial score (nSPS) is 10.3. The molecule has 8 heteroatoms. The standard InChI is InChI=1S/C17H21ClN2O5.C2H4/c1-2-5-25-17(24)15-14(18)13(16(19)20-15)10-4-3-9(6-21)11(7-22)12(10)8-23;1-2/h3-4,20-23H,2,5-8,19H2,1H3;1-2H2. The Morgan fingerprint density at radius 2 is 1.81 bits per heavy atom. The van der Waals surface area contributed by atoms with E-state index in [-0.39, 0.29) is 36.4 Å². The van der Waals surface area contributed by atoms with E-state index in [9.17, 15) is 20.1 Å². The Labute approximate surface area is 163 Å². The second-order valence-corrected chi connectivity index (χ2v) is 5.82. The van der Waals surface area contributed by atoms with Crippen LogP contribution in [0, 0.1) is 0 Å². The molecular formula is C19H25ClN2O5. The van der Waals surface area contributed by atoms with Gasteiger partial charge in [-0.1, -0.05) is 30.7 Å². The number of anilines is 1. The molecule has 2 aromatic rings. The third-order valence-corrected chi connectivity index (χ3v) is 4.27. The summed E-state index contributed by atoms with van der Waals surface area (Å²) in [5, 5.41) is 28.8. The number of esters is 1. The zero-order valence-corrected chi connectivity index (χ0v) is 16.0. The van der Waals surface area contributed by atoms with Crippen molar-refractivity contribution < 1.29 is 24.9 Å². The number of aliphatic hydroxyl groups is 3. The summed E-state index contributed by atoms with van der Waals surface area (Å²) in [6, 6.07) is 3.24. The van der Waals surface area contributed by atoms with E-state index in [1.807, 2.05) is 6.92 Å². The Morgan fingerprint density at radius 3 is 2.33 bits per heavy atom. The molecule has 0 aliphatic heterocycles. The highest BCUT2D eigenvalue weighted by Crippen LogP contribution is 2.39. The van der Waals surface area contributed by atoms with E-state index in [0.717, 1.165) is 0 Å². The lowest BCUT2D eigenvalue weighted by molar-refractivity contribution is 0.0499. The number of nitrogens with two attached hydrogens (primary N) is 1. The van der Waals surface area contributed by atoms with Crippen molar-refractivity contribution >= 4 is 23.4 Å². The van der Waals surface area contributed by atoms with Crippen molar-refractivity contribution in [2.75, 3.05) is 12.3 Å². The van der Waals surface area contributed by atoms with Crippen LogP contribution in [0.4, 0.5) is 5.82 Å². The number of carbonyl (C=O) groups is 1. The van der Waals surface area contributed by atoms with Crippen LogP contribution in [0.15, 0.2) is 25.3 Å². The summed E-state index contributed by atoms with van der Waals surface area (Å²) in [6.07, 6.45) is 0.670. The van der Waals surface area contributed by atoms with E-state index in [2.05, 4.69) is 18.1 Å². The fourth-order valence-electron chi connectivity index (χ4n) is 2.67. The number of benzene rings is 1. The highest BCUT2D eigenvalue weighted by atomic mass is 35.5. The van der Waals surface area contributed by atoms with Crippen LogP contribution >= 0.6 is 11.6 Å². The highest BCUT2D eigenvalue weighted by molar-refractivity contribution is 6.37. The van der Waals surface area contributed by atoms with Gasteiger partial charge in [-0.3, -0.25) is 0 Å². The zero-order valence-electron chi connectivity index (χ0n) is 15.2. The average Bonchev–Trinajstić information content (AvgIpc) is 3.00. The molecule has 0 aliphatic rings. The van der Waals surface area contributed by atoms with Gasteiger partial charge in [-0.25, -0.2) is 4.79 Å². The van der Waals surface area contributed by atoms with E-state index in [1.54, 1.807) is 12.1 Å². The molecule has 7 nitrogen and oxygen atoms in total. The van der Waals surface area contributed by atoms with Crippen LogP contribution in [-0.2, 0) is 24.6 Å². The Balaban J connectivity index is 0.00000176. The largest absolute Gasteiger partial charge is 0.461 e. The maximum absolute atomic E-state index is 12.1. The van der Waals surface area contributed by atoms with E-state index >= 15 is 0 Å². The van der Waals surface area contributed by atoms with E-state index in [4.69, 9.17) is 22.1 Å². The number of carbonyl (C=O) groups excluding carboxylic acids is 1. The van der Waals surface area contributed by atoms with Crippen molar-refractivity contribution in [3.8, 4) is 11.1 Å². The van der Waals surface area contributed by atoms with Crippen LogP contribution in [0.2, 0.25) is 5.02 Å². The number of halogens is 1. The van der Waals surface area contributed by atoms with Crippen molar-refractivity contribution in [3.63, 3.8) is 0 Å². The highest BCUT2D eigenvalue weighted by Gasteiger charge is 2.24. The van der Waals surface area contributed by atoms with Crippen molar-refractivity contribution in [2.24, 2.45) is 0 Å². The van der Waals surface area contributed by atoms with Crippen LogP contribution in [0.25, 0.3) is 11.1 Å². The summed E-state index contributed by atoms with van der Waals surface area (Å²) >= 11 is 6.33. The molecule has 1 aromatic carbocycles. The quantitative estimate of drug-likeness (QED) is 0.361. The maximum atomic E-state index is 12.1. The van der Waals surface area contributed by atoms with Gasteiger partial charge in [0, 0.05) is 5.56 Å². The Morgan fingerprint density at radius 1 is 1.19 bits per heavy atom. The molecule has 2 rings (SSSR count). The molecule has 0 atom stereocenters. The Kier molecular flexibility index (Phi) is 9.04. The van der Waals surface area contributed by atoms with Crippen molar-refractivity contribution in [1.82, 2.24) is 4.98 Å². The molecule has 0 bridgehead atoms. The minimum absolute atomic E-state index is 0.0308. The average molecular weight is 397 g/mol. The van der Waals surface area contributed by atoms with E-state index in [0.29, 0.717) is 34.2 Å². The molecule has 0 aliphatic carbocycles. The summed E-state index contributed by atoms with van der Waals surface area (Å²) < 4.78 is 5.07. The summed E-state index contributed by atoms with van der Waals surface area (Å²) in [5.74, 6) is -0.478. The third-order valence-electron chi connectivity index (χ3n) is 3.89. The summed E-state index contributed by atoms with van der Waals surface area (Å²) in [7, 11) is 0. The summed E-state index contributed by atoms with van der Waals surface area (Å²) in [6.45, 7) is 7.08. The van der Waals surface area contributed by atoms with E-state index < -0.39 is 12.6 Å². The fraction of sp³-hybridized carbons (Fsp3) is 0.316. The van der Waals surface area contributed by atoms with Gasteiger partial charge in [-0.15, -0.1) is 13.2 Å². The molecular weight excluding hydrogens is 372 g/mol. The monoisotopic (exact) mass is 396 g/mol. The Hall–Kier alpha value is -2.32. The molecule has 0 saturated carbocycles. The van der Waals surface area contributed by atoms with Crippen LogP contribution in [0.5, 0.6) is 0 Å². The van der Waals surface area contributed by atoms with Gasteiger partial charge in [0.05, 0.1) is 31.5 Å². The number of aliphatic hydroxyl groups excluding tert-OH is 3. The van der Waals surface area contributed by atoms with Crippen molar-refractivity contribution in [2.45, 2.75) is 33.2 Å². The van der Waals surface area contributed by atoms with Crippen LogP contribution in [-0.4, -0.2) is 32.9 Å². The SMILES string of the molecule is C=C.CCCOC(=O)c1[nH]c(N)c(-c2ccc(CO)c(CO)c2CO)c1Cl. The minimum Gasteiger partial charge on any atom is -0.461 e. The van der Waals surface area contributed by atoms with Gasteiger partial charge in [0.25, 0.3) is 0 Å². The van der Waals surface area contributed by atoms with Crippen LogP contribution < -0.4 is 5.73 Å². The smallest absolute Gasteiger partial charge is 0.356 e. The van der Waals surface area contributed by atoms with Crippen LogP contribution in [0.3, 0.4) is 0 Å². The maximum Gasteiger partial charge on any atom is 0.356 e. The molecule has 6 N–H and O–H groups in total. The lowest BCUT2D eigenvalue weighted by atomic mass is 9.93. The van der Waals surface area contributed by atoms with Crippen molar-refractivity contribution in [1.29, 1.82) is 0 Å². The number of nitrogen functional groups attached to an aromatic ring is 1. The van der Waals surface area contributed by atoms with Gasteiger partial charge in [-0.2, -0.15) is 0 Å². The first-order valence-electron chi connectivity index (χ1n) is 8.30. The molecule has 1 aromatic heterocycles. The van der Waals surface area contributed by atoms with Gasteiger partial charge < -0.3 is 30.8 Å². The predicted octanol–water partition coefficient (Wildman–Crippen LogP) is 2.76. The first kappa shape index (κ1) is 22.7. The third kappa shape index (κ3) is 4.70. The first-order valence-corrected chi connectivity index (χ1v) is 8.68. The lowest BCUT2D eigenvalue weighted by Gasteiger charge is -2.15. The summed E-state index contributed by atoms with van der Waals surface area (Å²) in [5.41, 5.74) is 8.10. The molecule has 0 fully saturated rings.